The second-order valence-corrected chi connectivity index (χ2v) is 15.3. The zero-order valence-corrected chi connectivity index (χ0v) is 41.2. The lowest BCUT2D eigenvalue weighted by atomic mass is 10.1. The van der Waals surface area contributed by atoms with Gasteiger partial charge in [-0.15, -0.1) is 0 Å². The number of aliphatic hydroxyl groups excluding tert-OH is 3. The number of nitro benzene ring substituents is 2. The topological polar surface area (TPSA) is 431 Å². The number of carbonyl (C=O) groups is 6. The normalized spacial score (nSPS) is 9.15. The van der Waals surface area contributed by atoms with Gasteiger partial charge in [-0.2, -0.15) is 0 Å². The van der Waals surface area contributed by atoms with E-state index in [0.29, 0.717) is 42.1 Å². The van der Waals surface area contributed by atoms with E-state index in [1.807, 2.05) is 11.9 Å². The molecule has 0 bridgehead atoms. The predicted octanol–water partition coefficient (Wildman–Crippen LogP) is -0.817. The molecular weight excluding hydrogens is 946 g/mol. The van der Waals surface area contributed by atoms with E-state index < -0.39 is 42.1 Å². The number of nitrogens with two attached hydrogens (primary N) is 2. The van der Waals surface area contributed by atoms with Crippen LogP contribution >= 0.6 is 10.7 Å². The van der Waals surface area contributed by atoms with Gasteiger partial charge in [-0.1, -0.05) is 13.2 Å². The summed E-state index contributed by atoms with van der Waals surface area (Å²) in [6.45, 7) is 10.8. The van der Waals surface area contributed by atoms with Crippen molar-refractivity contribution < 1.29 is 67.5 Å². The van der Waals surface area contributed by atoms with Crippen molar-refractivity contribution in [1.82, 2.24) is 36.8 Å². The van der Waals surface area contributed by atoms with Crippen molar-refractivity contribution in [1.29, 1.82) is 0 Å². The van der Waals surface area contributed by atoms with Gasteiger partial charge in [-0.25, -0.2) is 8.42 Å². The van der Waals surface area contributed by atoms with E-state index in [1.54, 1.807) is 53.3 Å². The average molecular weight is 1010 g/mol. The number of hydrogen-bond acceptors (Lipinski definition) is 19. The number of anilines is 2. The van der Waals surface area contributed by atoms with Crippen molar-refractivity contribution >= 4 is 78.0 Å². The Bertz CT molecular complexity index is 1910. The number of nitrogen functional groups attached to an aromatic ring is 2. The van der Waals surface area contributed by atoms with Gasteiger partial charge in [0.05, 0.1) is 54.0 Å². The number of nitrogens with one attached hydrogen (secondary N) is 6. The molecule has 2 rings (SSSR count). The van der Waals surface area contributed by atoms with Crippen molar-refractivity contribution in [2.45, 2.75) is 19.8 Å². The third-order valence-corrected chi connectivity index (χ3v) is 6.50. The van der Waals surface area contributed by atoms with Crippen LogP contribution in [0.1, 0.15) is 40.5 Å². The van der Waals surface area contributed by atoms with Crippen LogP contribution in [0.3, 0.4) is 0 Å². The molecule has 0 saturated carbocycles. The van der Waals surface area contributed by atoms with Crippen LogP contribution in [0.2, 0.25) is 0 Å². The van der Waals surface area contributed by atoms with Crippen LogP contribution in [0.4, 0.5) is 22.7 Å². The Morgan fingerprint density at radius 1 is 0.735 bits per heavy atom. The first kappa shape index (κ1) is 72.8. The summed E-state index contributed by atoms with van der Waals surface area (Å²) in [4.78, 5) is 84.0. The van der Waals surface area contributed by atoms with Crippen molar-refractivity contribution in [3.63, 3.8) is 0 Å². The molecule has 0 saturated heterocycles. The van der Waals surface area contributed by atoms with Crippen LogP contribution < -0.4 is 43.4 Å². The minimum absolute atomic E-state index is 0.0613. The fourth-order valence-corrected chi connectivity index (χ4v) is 3.26. The van der Waals surface area contributed by atoms with E-state index in [2.05, 4.69) is 55.7 Å². The maximum atomic E-state index is 11.2. The number of amides is 5. The average Bonchev–Trinajstić information content (AvgIpc) is 3.27. The number of aliphatic hydroxyl groups is 3. The summed E-state index contributed by atoms with van der Waals surface area (Å²) >= 11 is 0. The molecule has 0 aliphatic heterocycles. The van der Waals surface area contributed by atoms with Crippen LogP contribution in [-0.2, 0) is 28.2 Å². The number of aliphatic carboxylic acids is 1. The first-order valence-corrected chi connectivity index (χ1v) is 21.9. The lowest BCUT2D eigenvalue weighted by Crippen LogP contribution is -2.25. The number of carboxylic acid groups (broad SMARTS) is 1. The zero-order chi connectivity index (χ0) is 54.6. The highest BCUT2D eigenvalue weighted by Gasteiger charge is 2.19. The molecule has 0 aliphatic carbocycles. The fourth-order valence-electron chi connectivity index (χ4n) is 3.26. The Kier molecular flexibility index (Phi) is 48.5. The molecule has 0 unspecified atom stereocenters. The van der Waals surface area contributed by atoms with Gasteiger partial charge in [0.1, 0.15) is 0 Å². The molecule has 0 atom stereocenters. The number of rotatable bonds is 15. The van der Waals surface area contributed by atoms with Gasteiger partial charge in [-0.05, 0) is 45.3 Å². The number of non-ortho nitro benzene ring substituents is 2. The van der Waals surface area contributed by atoms with Gasteiger partial charge in [0, 0.05) is 107 Å². The predicted molar refractivity (Wildman–Crippen MR) is 259 cm³/mol. The largest absolute Gasteiger partial charge is 0.481 e. The summed E-state index contributed by atoms with van der Waals surface area (Å²) in [5.74, 6) is -2.23. The Morgan fingerprint density at radius 3 is 1.34 bits per heavy atom. The van der Waals surface area contributed by atoms with E-state index in [1.165, 1.54) is 20.2 Å². The maximum absolute atomic E-state index is 11.2. The third-order valence-electron chi connectivity index (χ3n) is 6.50. The van der Waals surface area contributed by atoms with Crippen LogP contribution in [0, 0.1) is 20.2 Å². The standard InChI is InChI=1S/C8H7N3O5.C8H11N3O.C5H9NO3.C5H13NO2.C5H9NO.C4H7NO.C3H9NO.CH3ClO2S/c1-9-8(12)5-2-6(10(13)14)4-7(3-5)11(15)16;1-11-8(12)5-2-6(9)4-7(10)3-5;1-6-4(7)2-3-5(8)9;1-6(2-4-7)3-5-8;1-4(2)5(7)6-3;1-3-4(6)5-2;1-4-2-3-5;1-5(2,3)4/h2-4H,1H3,(H,9,12);2-4H,9-10H2,1H3,(H,11,12);2-3H2,1H3,(H,6,7)(H,8,9);7-8H,2-5H2,1H3;1H2,2-3H3,(H,6,7);3H,1H2,2H3,(H,5,6);4-5H,2-3H2,1H3;1H3. The lowest BCUT2D eigenvalue weighted by molar-refractivity contribution is -0.394. The van der Waals surface area contributed by atoms with Gasteiger partial charge < -0.3 is 68.7 Å². The number of carboxylic acids is 1. The molecule has 388 valence electrons. The summed E-state index contributed by atoms with van der Waals surface area (Å²) < 4.78 is 18.8. The monoisotopic (exact) mass is 1010 g/mol. The van der Waals surface area contributed by atoms with Crippen molar-refractivity contribution in [2.75, 3.05) is 107 Å². The van der Waals surface area contributed by atoms with Crippen molar-refractivity contribution in [3.05, 3.63) is 92.6 Å². The molecule has 0 radical (unpaired) electrons. The molecule has 2 aromatic carbocycles. The number of carbonyl (C=O) groups excluding carboxylic acids is 5. The van der Waals surface area contributed by atoms with Crippen LogP contribution in [0.5, 0.6) is 0 Å². The molecular formula is C39H68ClN11O16S. The molecule has 0 spiro atoms. The SMILES string of the molecule is C=C(C)C(=O)NC.C=CC(=O)NC.CN(CCO)CCO.CNC(=O)CCC(=O)O.CNC(=O)c1cc(N)cc(N)c1.CNC(=O)c1cc([N+](=O)[O-])cc([N+](=O)[O-])c1.CNCCO.CS(=O)(=O)Cl. The summed E-state index contributed by atoms with van der Waals surface area (Å²) in [5, 5.41) is 68.3. The van der Waals surface area contributed by atoms with Gasteiger partial charge in [0.2, 0.25) is 26.8 Å². The van der Waals surface area contributed by atoms with Crippen LogP contribution in [0.15, 0.2) is 61.2 Å². The molecule has 68 heavy (non-hydrogen) atoms. The molecule has 29 heteroatoms. The fraction of sp³-hybridized carbons (Fsp3) is 0.436. The summed E-state index contributed by atoms with van der Waals surface area (Å²) in [5.41, 5.74) is 11.9. The molecule has 0 aromatic heterocycles. The highest BCUT2D eigenvalue weighted by molar-refractivity contribution is 8.13. The van der Waals surface area contributed by atoms with E-state index in [0.717, 1.165) is 24.5 Å². The number of likely N-dealkylation sites (N-methyl/N-ethyl adjacent to an activating group) is 4. The Morgan fingerprint density at radius 2 is 1.13 bits per heavy atom. The molecule has 5 amide bonds. The van der Waals surface area contributed by atoms with Gasteiger partial charge in [-0.3, -0.25) is 49.0 Å². The molecule has 27 nitrogen and oxygen atoms in total. The van der Waals surface area contributed by atoms with E-state index in [4.69, 9.17) is 31.9 Å². The van der Waals surface area contributed by atoms with Crippen molar-refractivity contribution in [3.8, 4) is 0 Å². The zero-order valence-electron chi connectivity index (χ0n) is 39.6. The molecule has 2 aromatic rings. The first-order valence-electron chi connectivity index (χ1n) is 19.2. The molecule has 0 heterocycles. The quantitative estimate of drug-likeness (QED) is 0.0341. The summed E-state index contributed by atoms with van der Waals surface area (Å²) in [6, 6.07) is 7.51. The lowest BCUT2D eigenvalue weighted by Gasteiger charge is -2.11. The third kappa shape index (κ3) is 51.8. The summed E-state index contributed by atoms with van der Waals surface area (Å²) in [7, 11) is 12.5. The minimum Gasteiger partial charge on any atom is -0.481 e. The van der Waals surface area contributed by atoms with E-state index in [-0.39, 0.29) is 61.9 Å². The number of nitrogens with zero attached hydrogens (tertiary/aromatic N) is 3. The minimum atomic E-state index is -3.19. The Hall–Kier alpha value is -6.82. The highest BCUT2D eigenvalue weighted by Crippen LogP contribution is 2.22. The molecule has 0 aliphatic rings. The van der Waals surface area contributed by atoms with E-state index in [9.17, 15) is 57.4 Å². The molecule has 0 fully saturated rings. The van der Waals surface area contributed by atoms with Gasteiger partial charge in [0.15, 0.2) is 0 Å². The summed E-state index contributed by atoms with van der Waals surface area (Å²) in [6.07, 6.45) is 2.11. The molecule has 14 N–H and O–H groups in total. The van der Waals surface area contributed by atoms with E-state index >= 15 is 0 Å². The maximum Gasteiger partial charge on any atom is 0.303 e. The number of halogens is 1. The van der Waals surface area contributed by atoms with Crippen LogP contribution in [0.25, 0.3) is 0 Å². The van der Waals surface area contributed by atoms with Crippen LogP contribution in [-0.4, -0.2) is 174 Å². The highest BCUT2D eigenvalue weighted by atomic mass is 35.7. The number of benzene rings is 2. The second kappa shape index (κ2) is 45.3. The second-order valence-electron chi connectivity index (χ2n) is 12.3. The van der Waals surface area contributed by atoms with Crippen molar-refractivity contribution in [2.24, 2.45) is 0 Å². The Labute approximate surface area is 400 Å². The van der Waals surface area contributed by atoms with Gasteiger partial charge >= 0.3 is 5.97 Å². The smallest absolute Gasteiger partial charge is 0.303 e. The number of nitro groups is 2. The first-order chi connectivity index (χ1) is 31.5. The number of hydrogen-bond donors (Lipinski definition) is 12. The Balaban J connectivity index is -0.000000167. The van der Waals surface area contributed by atoms with Gasteiger partial charge in [0.25, 0.3) is 23.2 Å².